The van der Waals surface area contributed by atoms with Gasteiger partial charge in [0.05, 0.1) is 0 Å². The highest BCUT2D eigenvalue weighted by atomic mass is 35.5. The average molecular weight is 210 g/mol. The number of likely N-dealkylation sites (tertiary alicyclic amines) is 1. The van der Waals surface area contributed by atoms with Gasteiger partial charge in [-0.1, -0.05) is 13.3 Å². The number of hydrogen-bond donors (Lipinski definition) is 1. The minimum Gasteiger partial charge on any atom is -0.481 e. The number of piperidine rings is 1. The molecule has 0 aromatic rings. The molecule has 3 nitrogen and oxygen atoms in total. The molecule has 1 saturated heterocycles. The van der Waals surface area contributed by atoms with Gasteiger partial charge < -0.3 is 10.0 Å². The van der Waals surface area contributed by atoms with Gasteiger partial charge >= 0.3 is 0 Å². The van der Waals surface area contributed by atoms with Crippen LogP contribution in [0.5, 0.6) is 0 Å². The van der Waals surface area contributed by atoms with Crippen molar-refractivity contribution in [2.24, 2.45) is 0 Å². The molecule has 1 aliphatic rings. The lowest BCUT2D eigenvalue weighted by atomic mass is 10.1. The van der Waals surface area contributed by atoms with E-state index in [1.54, 1.807) is 0 Å². The molecule has 0 saturated carbocycles. The Morgan fingerprint density at radius 3 is 1.92 bits per heavy atom. The maximum absolute atomic E-state index is 9.00. The summed E-state index contributed by atoms with van der Waals surface area (Å²) in [6.07, 6.45) is 4.30. The van der Waals surface area contributed by atoms with Crippen molar-refractivity contribution in [1.29, 1.82) is 0 Å². The van der Waals surface area contributed by atoms with Gasteiger partial charge in [0.1, 0.15) is 0 Å². The first-order valence-electron chi connectivity index (χ1n) is 4.58. The molecule has 1 aliphatic heterocycles. The summed E-state index contributed by atoms with van der Waals surface area (Å²) in [5.74, 6) is -0.833. The number of halogens is 1. The van der Waals surface area contributed by atoms with Gasteiger partial charge in [0.15, 0.2) is 0 Å². The molecular weight excluding hydrogens is 190 g/mol. The lowest BCUT2D eigenvalue weighted by Crippen LogP contribution is -2.29. The highest BCUT2D eigenvalue weighted by molar-refractivity contribution is 5.85. The third-order valence-corrected chi connectivity index (χ3v) is 1.90. The smallest absolute Gasteiger partial charge is 0.300 e. The predicted octanol–water partition coefficient (Wildman–Crippen LogP) is 2.00. The number of hydrogen-bond acceptors (Lipinski definition) is 2. The van der Waals surface area contributed by atoms with Crippen LogP contribution in [0.3, 0.4) is 0 Å². The van der Waals surface area contributed by atoms with Gasteiger partial charge in [-0.25, -0.2) is 0 Å². The van der Waals surface area contributed by atoms with Crippen molar-refractivity contribution < 1.29 is 9.90 Å². The van der Waals surface area contributed by atoms with Crippen LogP contribution in [-0.4, -0.2) is 35.6 Å². The van der Waals surface area contributed by atoms with E-state index in [-0.39, 0.29) is 12.4 Å². The Morgan fingerprint density at radius 2 is 1.69 bits per heavy atom. The number of carboxylic acids is 1. The Balaban J connectivity index is 0. The van der Waals surface area contributed by atoms with Crippen molar-refractivity contribution in [2.75, 3.05) is 19.6 Å². The van der Waals surface area contributed by atoms with E-state index in [1.807, 2.05) is 0 Å². The van der Waals surface area contributed by atoms with E-state index >= 15 is 0 Å². The molecule has 0 amide bonds. The maximum Gasteiger partial charge on any atom is 0.300 e. The molecule has 0 spiro atoms. The first-order chi connectivity index (χ1) is 5.66. The molecule has 0 bridgehead atoms. The summed E-state index contributed by atoms with van der Waals surface area (Å²) in [4.78, 5) is 11.5. The van der Waals surface area contributed by atoms with Crippen LogP contribution in [-0.2, 0) is 4.79 Å². The molecule has 0 aromatic heterocycles. The number of nitrogens with zero attached hydrogens (tertiary/aromatic N) is 1. The Morgan fingerprint density at radius 1 is 1.31 bits per heavy atom. The van der Waals surface area contributed by atoms with Crippen molar-refractivity contribution in [1.82, 2.24) is 4.90 Å². The topological polar surface area (TPSA) is 40.5 Å². The van der Waals surface area contributed by atoms with E-state index in [2.05, 4.69) is 11.8 Å². The zero-order valence-electron chi connectivity index (χ0n) is 8.45. The minimum absolute atomic E-state index is 0. The number of rotatable bonds is 1. The monoisotopic (exact) mass is 209 g/mol. The summed E-state index contributed by atoms with van der Waals surface area (Å²) in [7, 11) is 0. The van der Waals surface area contributed by atoms with Crippen LogP contribution in [0.2, 0.25) is 0 Å². The summed E-state index contributed by atoms with van der Waals surface area (Å²) in [5, 5.41) is 7.42. The van der Waals surface area contributed by atoms with Crippen LogP contribution in [0.15, 0.2) is 0 Å². The molecule has 13 heavy (non-hydrogen) atoms. The van der Waals surface area contributed by atoms with Crippen LogP contribution in [0.1, 0.15) is 33.1 Å². The van der Waals surface area contributed by atoms with Gasteiger partial charge in [0, 0.05) is 6.92 Å². The molecule has 0 radical (unpaired) electrons. The summed E-state index contributed by atoms with van der Waals surface area (Å²) < 4.78 is 0. The zero-order valence-corrected chi connectivity index (χ0v) is 9.27. The lowest BCUT2D eigenvalue weighted by molar-refractivity contribution is -0.134. The molecule has 0 aliphatic carbocycles. The predicted molar refractivity (Wildman–Crippen MR) is 56.5 cm³/mol. The maximum atomic E-state index is 9.00. The largest absolute Gasteiger partial charge is 0.481 e. The van der Waals surface area contributed by atoms with E-state index in [4.69, 9.17) is 9.90 Å². The summed E-state index contributed by atoms with van der Waals surface area (Å²) >= 11 is 0. The van der Waals surface area contributed by atoms with Crippen molar-refractivity contribution >= 4 is 18.4 Å². The van der Waals surface area contributed by atoms with Crippen molar-refractivity contribution in [3.05, 3.63) is 0 Å². The molecule has 0 aromatic carbocycles. The lowest BCUT2D eigenvalue weighted by Gasteiger charge is -2.24. The first kappa shape index (κ1) is 15.2. The fraction of sp³-hybridized carbons (Fsp3) is 0.889. The number of carbonyl (C=O) groups is 1. The Kier molecular flexibility index (Phi) is 11.5. The van der Waals surface area contributed by atoms with Gasteiger partial charge in [-0.2, -0.15) is 0 Å². The fourth-order valence-corrected chi connectivity index (χ4v) is 1.28. The summed E-state index contributed by atoms with van der Waals surface area (Å²) in [6, 6.07) is 0. The molecule has 80 valence electrons. The van der Waals surface area contributed by atoms with Gasteiger partial charge in [-0.05, 0) is 32.5 Å². The second-order valence-corrected chi connectivity index (χ2v) is 3.01. The molecule has 1 rings (SSSR count). The molecule has 1 heterocycles. The average Bonchev–Trinajstić information content (AvgIpc) is 2.05. The zero-order chi connectivity index (χ0) is 9.40. The van der Waals surface area contributed by atoms with Crippen molar-refractivity contribution in [3.8, 4) is 0 Å². The minimum atomic E-state index is -0.833. The SMILES string of the molecule is CC(=O)O.CCN1CCCCC1.Cl. The van der Waals surface area contributed by atoms with E-state index in [0.717, 1.165) is 6.92 Å². The van der Waals surface area contributed by atoms with Crippen LogP contribution in [0.25, 0.3) is 0 Å². The Bertz CT molecular complexity index is 121. The standard InChI is InChI=1S/C7H15N.C2H4O2.ClH/c1-2-8-6-4-3-5-7-8;1-2(3)4;/h2-7H2,1H3;1H3,(H,3,4);1H. The third kappa shape index (κ3) is 11.7. The normalized spacial score (nSPS) is 16.5. The quantitative estimate of drug-likeness (QED) is 0.718. The molecular formula is C9H20ClNO2. The fourth-order valence-electron chi connectivity index (χ4n) is 1.28. The summed E-state index contributed by atoms with van der Waals surface area (Å²) in [6.45, 7) is 7.26. The Labute approximate surface area is 86.5 Å². The molecule has 1 fully saturated rings. The number of aliphatic carboxylic acids is 1. The molecule has 4 heteroatoms. The number of carboxylic acid groups (broad SMARTS) is 1. The highest BCUT2D eigenvalue weighted by Gasteiger charge is 2.05. The van der Waals surface area contributed by atoms with E-state index in [9.17, 15) is 0 Å². The second-order valence-electron chi connectivity index (χ2n) is 3.01. The van der Waals surface area contributed by atoms with Crippen LogP contribution in [0.4, 0.5) is 0 Å². The van der Waals surface area contributed by atoms with Gasteiger partial charge in [0.2, 0.25) is 0 Å². The van der Waals surface area contributed by atoms with E-state index < -0.39 is 5.97 Å². The second kappa shape index (κ2) is 9.81. The van der Waals surface area contributed by atoms with Crippen molar-refractivity contribution in [3.63, 3.8) is 0 Å². The van der Waals surface area contributed by atoms with E-state index in [1.165, 1.54) is 38.9 Å². The van der Waals surface area contributed by atoms with Gasteiger partial charge in [-0.3, -0.25) is 4.79 Å². The molecule has 0 unspecified atom stereocenters. The van der Waals surface area contributed by atoms with Crippen LogP contribution < -0.4 is 0 Å². The Hall–Kier alpha value is -0.280. The van der Waals surface area contributed by atoms with Crippen LogP contribution in [0, 0.1) is 0 Å². The summed E-state index contributed by atoms with van der Waals surface area (Å²) in [5.41, 5.74) is 0. The van der Waals surface area contributed by atoms with Gasteiger partial charge in [-0.15, -0.1) is 12.4 Å². The van der Waals surface area contributed by atoms with Crippen molar-refractivity contribution in [2.45, 2.75) is 33.1 Å². The first-order valence-corrected chi connectivity index (χ1v) is 4.58. The molecule has 1 N–H and O–H groups in total. The third-order valence-electron chi connectivity index (χ3n) is 1.90. The highest BCUT2D eigenvalue weighted by Crippen LogP contribution is 2.06. The van der Waals surface area contributed by atoms with Gasteiger partial charge in [0.25, 0.3) is 5.97 Å². The van der Waals surface area contributed by atoms with E-state index in [0.29, 0.717) is 0 Å². The molecule has 0 atom stereocenters. The van der Waals surface area contributed by atoms with Crippen LogP contribution >= 0.6 is 12.4 Å².